The van der Waals surface area contributed by atoms with Gasteiger partial charge < -0.3 is 10.4 Å². The number of nitrogens with one attached hydrogen (secondary N) is 1. The van der Waals surface area contributed by atoms with Crippen LogP contribution in [0, 0.1) is 0 Å². The first kappa shape index (κ1) is 12.2. The van der Waals surface area contributed by atoms with Crippen molar-refractivity contribution in [2.24, 2.45) is 0 Å². The molecule has 1 aromatic rings. The van der Waals surface area contributed by atoms with Gasteiger partial charge in [-0.25, -0.2) is 0 Å². The lowest BCUT2D eigenvalue weighted by Crippen LogP contribution is -2.28. The van der Waals surface area contributed by atoms with Gasteiger partial charge in [-0.05, 0) is 24.9 Å². The highest BCUT2D eigenvalue weighted by molar-refractivity contribution is 5.19. The Balaban J connectivity index is 0.000000531. The predicted molar refractivity (Wildman–Crippen MR) is 63.8 cm³/mol. The predicted octanol–water partition coefficient (Wildman–Crippen LogP) is 2.50. The second kappa shape index (κ2) is 6.59. The van der Waals surface area contributed by atoms with Gasteiger partial charge in [0.25, 0.3) is 0 Å². The van der Waals surface area contributed by atoms with Crippen LogP contribution in [0.15, 0.2) is 30.3 Å². The van der Waals surface area contributed by atoms with Gasteiger partial charge in [-0.1, -0.05) is 44.2 Å². The van der Waals surface area contributed by atoms with E-state index in [1.807, 2.05) is 44.2 Å². The average Bonchev–Trinajstić information content (AvgIpc) is 2.85. The Bertz CT molecular complexity index is 254. The lowest BCUT2D eigenvalue weighted by Gasteiger charge is -2.18. The molecule has 2 N–H and O–H groups in total. The maximum atomic E-state index is 9.96. The summed E-state index contributed by atoms with van der Waals surface area (Å²) in [5.41, 5.74) is 1.02. The fraction of sp³-hybridized carbons (Fsp3) is 0.538. The van der Waals surface area contributed by atoms with E-state index < -0.39 is 0 Å². The highest BCUT2D eigenvalue weighted by atomic mass is 16.3. The molecule has 0 spiro atoms. The van der Waals surface area contributed by atoms with Gasteiger partial charge in [0, 0.05) is 6.04 Å². The van der Waals surface area contributed by atoms with Crippen LogP contribution in [0.3, 0.4) is 0 Å². The van der Waals surface area contributed by atoms with Crippen LogP contribution in [0.1, 0.15) is 38.4 Å². The van der Waals surface area contributed by atoms with Crippen LogP contribution < -0.4 is 5.32 Å². The number of rotatable bonds is 2. The quantitative estimate of drug-likeness (QED) is 0.781. The minimum atomic E-state index is -0.344. The van der Waals surface area contributed by atoms with Gasteiger partial charge >= 0.3 is 0 Å². The van der Waals surface area contributed by atoms with Crippen LogP contribution in [-0.2, 0) is 0 Å². The summed E-state index contributed by atoms with van der Waals surface area (Å²) in [6.07, 6.45) is 1.91. The standard InChI is InChI=1S/C11H15NO.C2H6/c13-11(10-7-4-8-12-10)9-5-2-1-3-6-9;1-2/h1-3,5-6,10-13H,4,7-8H2;1-2H3. The SMILES string of the molecule is CC.OC(c1ccccc1)C1CCCN1. The van der Waals surface area contributed by atoms with E-state index in [0.29, 0.717) is 0 Å². The summed E-state index contributed by atoms with van der Waals surface area (Å²) in [7, 11) is 0. The van der Waals surface area contributed by atoms with Crippen LogP contribution in [0.2, 0.25) is 0 Å². The molecule has 1 aliphatic heterocycles. The maximum absolute atomic E-state index is 9.96. The minimum Gasteiger partial charge on any atom is -0.387 e. The van der Waals surface area contributed by atoms with E-state index in [9.17, 15) is 5.11 Å². The molecule has 1 fully saturated rings. The van der Waals surface area contributed by atoms with Crippen LogP contribution in [0.4, 0.5) is 0 Å². The highest BCUT2D eigenvalue weighted by Crippen LogP contribution is 2.22. The van der Waals surface area contributed by atoms with E-state index in [1.54, 1.807) is 0 Å². The zero-order valence-corrected chi connectivity index (χ0v) is 9.61. The Hall–Kier alpha value is -0.860. The minimum absolute atomic E-state index is 0.252. The topological polar surface area (TPSA) is 32.3 Å². The Labute approximate surface area is 92.3 Å². The van der Waals surface area contributed by atoms with Crippen molar-refractivity contribution < 1.29 is 5.11 Å². The van der Waals surface area contributed by atoms with Crippen LogP contribution in [0.25, 0.3) is 0 Å². The molecule has 1 heterocycles. The maximum Gasteiger partial charge on any atom is 0.0942 e. The summed E-state index contributed by atoms with van der Waals surface area (Å²) in [4.78, 5) is 0. The Morgan fingerprint density at radius 3 is 2.47 bits per heavy atom. The number of hydrogen-bond acceptors (Lipinski definition) is 2. The van der Waals surface area contributed by atoms with Gasteiger partial charge in [0.05, 0.1) is 6.10 Å². The van der Waals surface area contributed by atoms with Crippen LogP contribution >= 0.6 is 0 Å². The molecule has 1 aliphatic rings. The smallest absolute Gasteiger partial charge is 0.0942 e. The van der Waals surface area contributed by atoms with E-state index >= 15 is 0 Å². The van der Waals surface area contributed by atoms with E-state index in [1.165, 1.54) is 6.42 Å². The van der Waals surface area contributed by atoms with Crippen molar-refractivity contribution in [1.82, 2.24) is 5.32 Å². The third-order valence-corrected chi connectivity index (χ3v) is 2.62. The number of aliphatic hydroxyl groups is 1. The number of benzene rings is 1. The summed E-state index contributed by atoms with van der Waals surface area (Å²) in [5.74, 6) is 0. The summed E-state index contributed by atoms with van der Waals surface area (Å²) in [6, 6.07) is 10.1. The molecular weight excluding hydrogens is 186 g/mol. The van der Waals surface area contributed by atoms with Crippen LogP contribution in [-0.4, -0.2) is 17.7 Å². The molecule has 0 bridgehead atoms. The molecule has 84 valence electrons. The molecule has 2 nitrogen and oxygen atoms in total. The van der Waals surface area contributed by atoms with Crippen molar-refractivity contribution in [1.29, 1.82) is 0 Å². The molecule has 2 heteroatoms. The number of aliphatic hydroxyl groups excluding tert-OH is 1. The molecule has 0 radical (unpaired) electrons. The molecule has 1 saturated heterocycles. The molecule has 2 rings (SSSR count). The van der Waals surface area contributed by atoms with Gasteiger partial charge in [-0.2, -0.15) is 0 Å². The molecule has 2 atom stereocenters. The van der Waals surface area contributed by atoms with Gasteiger partial charge in [0.15, 0.2) is 0 Å². The van der Waals surface area contributed by atoms with E-state index in [4.69, 9.17) is 0 Å². The molecule has 0 aromatic heterocycles. The van der Waals surface area contributed by atoms with Crippen molar-refractivity contribution in [2.45, 2.75) is 38.8 Å². The van der Waals surface area contributed by atoms with E-state index in [0.717, 1.165) is 18.5 Å². The Morgan fingerprint density at radius 1 is 1.27 bits per heavy atom. The Morgan fingerprint density at radius 2 is 1.93 bits per heavy atom. The molecule has 15 heavy (non-hydrogen) atoms. The highest BCUT2D eigenvalue weighted by Gasteiger charge is 2.23. The molecule has 2 unspecified atom stereocenters. The summed E-state index contributed by atoms with van der Waals surface area (Å²) in [5, 5.41) is 13.3. The Kier molecular flexibility index (Phi) is 5.37. The third-order valence-electron chi connectivity index (χ3n) is 2.62. The van der Waals surface area contributed by atoms with Crippen molar-refractivity contribution in [3.8, 4) is 0 Å². The first-order valence-electron chi connectivity index (χ1n) is 5.84. The zero-order valence-electron chi connectivity index (χ0n) is 9.61. The largest absolute Gasteiger partial charge is 0.387 e. The fourth-order valence-corrected chi connectivity index (χ4v) is 1.86. The van der Waals surface area contributed by atoms with E-state index in [2.05, 4.69) is 5.32 Å². The second-order valence-corrected chi connectivity index (χ2v) is 3.56. The van der Waals surface area contributed by atoms with E-state index in [-0.39, 0.29) is 12.1 Å². The van der Waals surface area contributed by atoms with Gasteiger partial charge in [0.1, 0.15) is 0 Å². The summed E-state index contributed by atoms with van der Waals surface area (Å²) >= 11 is 0. The fourth-order valence-electron chi connectivity index (χ4n) is 1.86. The first-order chi connectivity index (χ1) is 7.38. The third kappa shape index (κ3) is 3.33. The second-order valence-electron chi connectivity index (χ2n) is 3.56. The summed E-state index contributed by atoms with van der Waals surface area (Å²) < 4.78 is 0. The van der Waals surface area contributed by atoms with Gasteiger partial charge in [-0.15, -0.1) is 0 Å². The van der Waals surface area contributed by atoms with Gasteiger partial charge in [0.2, 0.25) is 0 Å². The molecule has 1 aromatic carbocycles. The van der Waals surface area contributed by atoms with Crippen molar-refractivity contribution in [3.63, 3.8) is 0 Å². The summed E-state index contributed by atoms with van der Waals surface area (Å²) in [6.45, 7) is 5.04. The lowest BCUT2D eigenvalue weighted by molar-refractivity contribution is 0.137. The monoisotopic (exact) mass is 207 g/mol. The van der Waals surface area contributed by atoms with Crippen molar-refractivity contribution >= 4 is 0 Å². The normalized spacial score (nSPS) is 21.7. The molecule has 0 amide bonds. The molecule has 0 aliphatic carbocycles. The lowest BCUT2D eigenvalue weighted by atomic mass is 10.0. The average molecular weight is 207 g/mol. The van der Waals surface area contributed by atoms with Crippen LogP contribution in [0.5, 0.6) is 0 Å². The molecule has 0 saturated carbocycles. The zero-order chi connectivity index (χ0) is 11.1. The van der Waals surface area contributed by atoms with Crippen molar-refractivity contribution in [3.05, 3.63) is 35.9 Å². The van der Waals surface area contributed by atoms with Crippen molar-refractivity contribution in [2.75, 3.05) is 6.54 Å². The first-order valence-corrected chi connectivity index (χ1v) is 5.84. The molecular formula is C13H21NO. The number of hydrogen-bond donors (Lipinski definition) is 2. The van der Waals surface area contributed by atoms with Gasteiger partial charge in [-0.3, -0.25) is 0 Å².